The number of aromatic nitrogens is 3. The van der Waals surface area contributed by atoms with E-state index in [9.17, 15) is 17.2 Å². The van der Waals surface area contributed by atoms with E-state index in [1.807, 2.05) is 0 Å². The van der Waals surface area contributed by atoms with Crippen LogP contribution < -0.4 is 4.90 Å². The summed E-state index contributed by atoms with van der Waals surface area (Å²) < 4.78 is 52.9. The van der Waals surface area contributed by atoms with E-state index in [1.165, 1.54) is 15.8 Å². The van der Waals surface area contributed by atoms with Crippen molar-refractivity contribution < 1.29 is 17.2 Å². The average Bonchev–Trinajstić information content (AvgIpc) is 3.02. The number of hydrogen-bond donors (Lipinski definition) is 0. The highest BCUT2D eigenvalue weighted by Crippen LogP contribution is 2.27. The van der Waals surface area contributed by atoms with Crippen molar-refractivity contribution in [1.29, 1.82) is 0 Å². The van der Waals surface area contributed by atoms with Gasteiger partial charge in [0, 0.05) is 30.1 Å². The number of anilines is 1. The van der Waals surface area contributed by atoms with Gasteiger partial charge in [0.15, 0.2) is 21.5 Å². The van der Waals surface area contributed by atoms with Gasteiger partial charge < -0.3 is 4.90 Å². The number of halogens is 2. The van der Waals surface area contributed by atoms with Crippen LogP contribution in [0.3, 0.4) is 0 Å². The van der Waals surface area contributed by atoms with E-state index in [0.29, 0.717) is 5.69 Å². The molecule has 0 atom stereocenters. The standard InChI is InChI=1S/C13H13F2N7O2S/c14-11-5-10(22-8-9(18-20-22)7-17-19-16)6-12(15)13(11)21-1-3-25(23,24)4-2-21/h5-6,8H,1-4,7H2. The maximum atomic E-state index is 14.4. The summed E-state index contributed by atoms with van der Waals surface area (Å²) >= 11 is 0. The van der Waals surface area contributed by atoms with Crippen LogP contribution >= 0.6 is 0 Å². The van der Waals surface area contributed by atoms with Crippen LogP contribution in [0.15, 0.2) is 23.4 Å². The second kappa shape index (κ2) is 6.65. The molecule has 0 unspecified atom stereocenters. The highest BCUT2D eigenvalue weighted by Gasteiger charge is 2.26. The predicted octanol–water partition coefficient (Wildman–Crippen LogP) is 1.59. The quantitative estimate of drug-likeness (QED) is 0.461. The van der Waals surface area contributed by atoms with Crippen molar-refractivity contribution in [2.75, 3.05) is 29.5 Å². The zero-order valence-electron chi connectivity index (χ0n) is 12.9. The first-order valence-electron chi connectivity index (χ1n) is 7.26. The van der Waals surface area contributed by atoms with Crippen LogP contribution in [0.5, 0.6) is 0 Å². The van der Waals surface area contributed by atoms with E-state index in [0.717, 1.165) is 12.1 Å². The van der Waals surface area contributed by atoms with Crippen molar-refractivity contribution in [1.82, 2.24) is 15.0 Å². The van der Waals surface area contributed by atoms with Crippen LogP contribution in [-0.2, 0) is 16.4 Å². The van der Waals surface area contributed by atoms with Crippen molar-refractivity contribution in [2.24, 2.45) is 5.11 Å². The number of benzene rings is 1. The minimum atomic E-state index is -3.15. The van der Waals surface area contributed by atoms with E-state index in [4.69, 9.17) is 5.53 Å². The van der Waals surface area contributed by atoms with E-state index >= 15 is 0 Å². The van der Waals surface area contributed by atoms with Crippen molar-refractivity contribution in [3.63, 3.8) is 0 Å². The maximum absolute atomic E-state index is 14.4. The van der Waals surface area contributed by atoms with Gasteiger partial charge in [0.1, 0.15) is 5.69 Å². The summed E-state index contributed by atoms with van der Waals surface area (Å²) in [6.07, 6.45) is 1.40. The number of azide groups is 1. The summed E-state index contributed by atoms with van der Waals surface area (Å²) in [4.78, 5) is 3.97. The minimum absolute atomic E-state index is 0.0260. The van der Waals surface area contributed by atoms with Gasteiger partial charge in [-0.1, -0.05) is 10.3 Å². The molecular weight excluding hydrogens is 356 g/mol. The van der Waals surface area contributed by atoms with Gasteiger partial charge in [-0.15, -0.1) is 5.10 Å². The number of sulfone groups is 1. The number of rotatable bonds is 4. The molecule has 1 aromatic heterocycles. The Labute approximate surface area is 141 Å². The molecule has 0 aliphatic carbocycles. The Bertz CT molecular complexity index is 916. The Morgan fingerprint density at radius 2 is 1.88 bits per heavy atom. The van der Waals surface area contributed by atoms with Crippen molar-refractivity contribution in [2.45, 2.75) is 6.54 Å². The Morgan fingerprint density at radius 3 is 2.48 bits per heavy atom. The Balaban J connectivity index is 1.87. The van der Waals surface area contributed by atoms with Gasteiger partial charge in [0.2, 0.25) is 0 Å². The zero-order chi connectivity index (χ0) is 18.0. The Morgan fingerprint density at radius 1 is 1.24 bits per heavy atom. The largest absolute Gasteiger partial charge is 0.365 e. The normalized spacial score (nSPS) is 16.5. The van der Waals surface area contributed by atoms with Gasteiger partial charge in [-0.25, -0.2) is 21.9 Å². The molecule has 0 N–H and O–H groups in total. The predicted molar refractivity (Wildman–Crippen MR) is 85.0 cm³/mol. The zero-order valence-corrected chi connectivity index (χ0v) is 13.7. The van der Waals surface area contributed by atoms with Gasteiger partial charge in [-0.2, -0.15) is 0 Å². The van der Waals surface area contributed by atoms with Crippen LogP contribution in [-0.4, -0.2) is 48.0 Å². The molecule has 1 fully saturated rings. The molecule has 12 heteroatoms. The van der Waals surface area contributed by atoms with Crippen LogP contribution in [0.4, 0.5) is 14.5 Å². The third kappa shape index (κ3) is 3.69. The van der Waals surface area contributed by atoms with Crippen molar-refractivity contribution in [3.8, 4) is 5.69 Å². The Hall–Kier alpha value is -2.72. The van der Waals surface area contributed by atoms with Gasteiger partial charge in [0.25, 0.3) is 0 Å². The first-order chi connectivity index (χ1) is 11.9. The van der Waals surface area contributed by atoms with Gasteiger partial charge >= 0.3 is 0 Å². The molecule has 3 rings (SSSR count). The van der Waals surface area contributed by atoms with Crippen LogP contribution in [0, 0.1) is 11.6 Å². The smallest absolute Gasteiger partial charge is 0.153 e. The fourth-order valence-corrected chi connectivity index (χ4v) is 3.72. The summed E-state index contributed by atoms with van der Waals surface area (Å²) in [5.74, 6) is -1.92. The second-order valence-corrected chi connectivity index (χ2v) is 7.74. The third-order valence-corrected chi connectivity index (χ3v) is 5.37. The highest BCUT2D eigenvalue weighted by atomic mass is 32.2. The summed E-state index contributed by atoms with van der Waals surface area (Å²) in [5.41, 5.74) is 8.48. The molecule has 0 spiro atoms. The van der Waals surface area contributed by atoms with E-state index in [-0.39, 0.29) is 42.5 Å². The van der Waals surface area contributed by atoms with Crippen molar-refractivity contribution >= 4 is 15.5 Å². The summed E-state index contributed by atoms with van der Waals surface area (Å²) in [7, 11) is -3.15. The average molecular weight is 369 g/mol. The van der Waals surface area contributed by atoms with E-state index < -0.39 is 21.5 Å². The number of hydrogen-bond acceptors (Lipinski definition) is 6. The van der Waals surface area contributed by atoms with Crippen LogP contribution in [0.1, 0.15) is 5.69 Å². The van der Waals surface area contributed by atoms with Gasteiger partial charge in [0.05, 0.1) is 35.6 Å². The summed E-state index contributed by atoms with van der Waals surface area (Å²) in [6.45, 7) is 0.0477. The molecule has 0 bridgehead atoms. The molecule has 2 heterocycles. The summed E-state index contributed by atoms with van der Waals surface area (Å²) in [6, 6.07) is 2.18. The van der Waals surface area contributed by atoms with E-state index in [1.54, 1.807) is 0 Å². The minimum Gasteiger partial charge on any atom is -0.365 e. The molecule has 9 nitrogen and oxygen atoms in total. The molecular formula is C13H13F2N7O2S. The molecule has 25 heavy (non-hydrogen) atoms. The van der Waals surface area contributed by atoms with E-state index in [2.05, 4.69) is 20.3 Å². The lowest BCUT2D eigenvalue weighted by Gasteiger charge is -2.29. The van der Waals surface area contributed by atoms with Gasteiger partial charge in [-0.05, 0) is 5.53 Å². The fourth-order valence-electron chi connectivity index (χ4n) is 2.52. The topological polar surface area (TPSA) is 117 Å². The van der Waals surface area contributed by atoms with Crippen LogP contribution in [0.2, 0.25) is 0 Å². The first-order valence-corrected chi connectivity index (χ1v) is 9.08. The maximum Gasteiger partial charge on any atom is 0.153 e. The third-order valence-electron chi connectivity index (χ3n) is 3.76. The fraction of sp³-hybridized carbons (Fsp3) is 0.385. The lowest BCUT2D eigenvalue weighted by Crippen LogP contribution is -2.41. The van der Waals surface area contributed by atoms with Crippen LogP contribution in [0.25, 0.3) is 16.1 Å². The Kier molecular flexibility index (Phi) is 4.55. The molecule has 0 radical (unpaired) electrons. The van der Waals surface area contributed by atoms with Gasteiger partial charge in [-0.3, -0.25) is 0 Å². The molecule has 1 aliphatic heterocycles. The summed E-state index contributed by atoms with van der Waals surface area (Å²) in [5, 5.41) is 10.8. The molecule has 0 amide bonds. The number of nitrogens with zero attached hydrogens (tertiary/aromatic N) is 7. The molecule has 0 saturated carbocycles. The molecule has 2 aromatic rings. The lowest BCUT2D eigenvalue weighted by atomic mass is 10.2. The first kappa shape index (κ1) is 17.1. The lowest BCUT2D eigenvalue weighted by molar-refractivity contribution is 0.559. The molecule has 1 aliphatic rings. The van der Waals surface area contributed by atoms with Crippen molar-refractivity contribution in [3.05, 3.63) is 46.1 Å². The monoisotopic (exact) mass is 369 g/mol. The molecule has 132 valence electrons. The highest BCUT2D eigenvalue weighted by molar-refractivity contribution is 7.91. The second-order valence-electron chi connectivity index (χ2n) is 5.44. The SMILES string of the molecule is [N-]=[N+]=NCc1cn(-c2cc(F)c(N3CCS(=O)(=O)CC3)c(F)c2)nn1. The molecule has 1 aromatic carbocycles. The molecule has 1 saturated heterocycles.